The predicted octanol–water partition coefficient (Wildman–Crippen LogP) is 4.04. The second-order valence-corrected chi connectivity index (χ2v) is 5.66. The largest absolute Gasteiger partial charge is 0.454 e. The molecule has 0 fully saturated rings. The zero-order valence-corrected chi connectivity index (χ0v) is 12.8. The average Bonchev–Trinajstić information content (AvgIpc) is 2.96. The van der Waals surface area contributed by atoms with Gasteiger partial charge in [-0.15, -0.1) is 11.8 Å². The molecule has 2 aromatic carbocycles. The van der Waals surface area contributed by atoms with E-state index in [0.717, 1.165) is 10.6 Å². The van der Waals surface area contributed by atoms with E-state index in [4.69, 9.17) is 21.1 Å². The number of nitrogens with one attached hydrogen (secondary N) is 1. The standard InChI is InChI=1S/C15H12ClNO3S/c1-21-11-4-2-3-10(7-11)17-15(18)9-5-12(16)14-13(6-9)19-8-20-14/h2-7H,8H2,1H3,(H,17,18). The molecule has 2 aromatic rings. The number of amides is 1. The van der Waals surface area contributed by atoms with Gasteiger partial charge in [-0.25, -0.2) is 0 Å². The van der Waals surface area contributed by atoms with E-state index in [0.29, 0.717) is 22.1 Å². The molecule has 0 aromatic heterocycles. The first-order valence-electron chi connectivity index (χ1n) is 6.22. The third kappa shape index (κ3) is 2.94. The third-order valence-corrected chi connectivity index (χ3v) is 4.02. The second kappa shape index (κ2) is 5.87. The maximum absolute atomic E-state index is 12.3. The molecule has 1 N–H and O–H groups in total. The molecule has 108 valence electrons. The fourth-order valence-corrected chi connectivity index (χ4v) is 2.73. The number of benzene rings is 2. The number of carbonyl (C=O) groups is 1. The van der Waals surface area contributed by atoms with E-state index in [1.807, 2.05) is 30.5 Å². The van der Waals surface area contributed by atoms with Gasteiger partial charge in [-0.3, -0.25) is 4.79 Å². The van der Waals surface area contributed by atoms with Crippen LogP contribution in [0.15, 0.2) is 41.3 Å². The summed E-state index contributed by atoms with van der Waals surface area (Å²) >= 11 is 7.70. The van der Waals surface area contributed by atoms with Crippen molar-refractivity contribution in [3.8, 4) is 11.5 Å². The Bertz CT molecular complexity index is 705. The van der Waals surface area contributed by atoms with Crippen molar-refractivity contribution in [3.05, 3.63) is 47.0 Å². The summed E-state index contributed by atoms with van der Waals surface area (Å²) in [5.41, 5.74) is 1.17. The summed E-state index contributed by atoms with van der Waals surface area (Å²) in [6.45, 7) is 0.121. The first kappa shape index (κ1) is 14.1. The Balaban J connectivity index is 1.84. The lowest BCUT2D eigenvalue weighted by molar-refractivity contribution is 0.102. The summed E-state index contributed by atoms with van der Waals surface area (Å²) in [7, 11) is 0. The number of anilines is 1. The first-order valence-corrected chi connectivity index (χ1v) is 7.82. The minimum Gasteiger partial charge on any atom is -0.454 e. The molecule has 3 rings (SSSR count). The number of hydrogen-bond donors (Lipinski definition) is 1. The molecular weight excluding hydrogens is 310 g/mol. The van der Waals surface area contributed by atoms with Gasteiger partial charge >= 0.3 is 0 Å². The minimum absolute atomic E-state index is 0.121. The molecule has 1 heterocycles. The summed E-state index contributed by atoms with van der Waals surface area (Å²) in [5, 5.41) is 3.21. The van der Waals surface area contributed by atoms with Gasteiger partial charge in [0.05, 0.1) is 5.02 Å². The summed E-state index contributed by atoms with van der Waals surface area (Å²) < 4.78 is 10.5. The Hall–Kier alpha value is -1.85. The summed E-state index contributed by atoms with van der Waals surface area (Å²) in [5.74, 6) is 0.733. The molecule has 0 saturated heterocycles. The van der Waals surface area contributed by atoms with Crippen molar-refractivity contribution in [2.24, 2.45) is 0 Å². The normalized spacial score (nSPS) is 12.3. The molecule has 1 aliphatic heterocycles. The molecule has 21 heavy (non-hydrogen) atoms. The maximum atomic E-state index is 12.3. The van der Waals surface area contributed by atoms with Gasteiger partial charge in [0.15, 0.2) is 11.5 Å². The summed E-state index contributed by atoms with van der Waals surface area (Å²) in [4.78, 5) is 13.4. The van der Waals surface area contributed by atoms with Crippen molar-refractivity contribution in [2.75, 3.05) is 18.4 Å². The monoisotopic (exact) mass is 321 g/mol. The first-order chi connectivity index (χ1) is 10.2. The van der Waals surface area contributed by atoms with E-state index in [2.05, 4.69) is 5.32 Å². The zero-order chi connectivity index (χ0) is 14.8. The number of rotatable bonds is 3. The Morgan fingerprint density at radius 3 is 2.95 bits per heavy atom. The summed E-state index contributed by atoms with van der Waals surface area (Å²) in [6.07, 6.45) is 1.98. The number of ether oxygens (including phenoxy) is 2. The summed E-state index contributed by atoms with van der Waals surface area (Å²) in [6, 6.07) is 10.8. The van der Waals surface area contributed by atoms with Crippen LogP contribution in [0.3, 0.4) is 0 Å². The highest BCUT2D eigenvalue weighted by atomic mass is 35.5. The Morgan fingerprint density at radius 2 is 2.14 bits per heavy atom. The molecule has 0 unspecified atom stereocenters. The van der Waals surface area contributed by atoms with Crippen molar-refractivity contribution in [3.63, 3.8) is 0 Å². The van der Waals surface area contributed by atoms with E-state index in [9.17, 15) is 4.79 Å². The highest BCUT2D eigenvalue weighted by molar-refractivity contribution is 7.98. The van der Waals surface area contributed by atoms with E-state index in [1.54, 1.807) is 23.9 Å². The topological polar surface area (TPSA) is 47.6 Å². The molecule has 0 radical (unpaired) electrons. The number of hydrogen-bond acceptors (Lipinski definition) is 4. The molecule has 6 heteroatoms. The molecule has 0 bridgehead atoms. The van der Waals surface area contributed by atoms with Gasteiger partial charge in [-0.1, -0.05) is 17.7 Å². The van der Waals surface area contributed by atoms with Crippen LogP contribution in [0.2, 0.25) is 5.02 Å². The number of fused-ring (bicyclic) bond motifs is 1. The molecule has 1 amide bonds. The van der Waals surface area contributed by atoms with Crippen LogP contribution in [-0.2, 0) is 0 Å². The molecule has 0 saturated carbocycles. The van der Waals surface area contributed by atoms with Crippen LogP contribution < -0.4 is 14.8 Å². The Labute approximate surface area is 131 Å². The van der Waals surface area contributed by atoms with Crippen molar-refractivity contribution in [1.82, 2.24) is 0 Å². The van der Waals surface area contributed by atoms with Crippen LogP contribution in [0, 0.1) is 0 Å². The van der Waals surface area contributed by atoms with Crippen LogP contribution >= 0.6 is 23.4 Å². The molecule has 1 aliphatic rings. The lowest BCUT2D eigenvalue weighted by Crippen LogP contribution is -2.11. The molecule has 4 nitrogen and oxygen atoms in total. The zero-order valence-electron chi connectivity index (χ0n) is 11.2. The minimum atomic E-state index is -0.242. The van der Waals surface area contributed by atoms with Crippen molar-refractivity contribution in [2.45, 2.75) is 4.90 Å². The smallest absolute Gasteiger partial charge is 0.255 e. The molecule has 0 atom stereocenters. The average molecular weight is 322 g/mol. The van der Waals surface area contributed by atoms with Gasteiger partial charge < -0.3 is 14.8 Å². The number of halogens is 1. The second-order valence-electron chi connectivity index (χ2n) is 4.38. The van der Waals surface area contributed by atoms with Gasteiger partial charge in [0.1, 0.15) is 0 Å². The Kier molecular flexibility index (Phi) is 3.94. The molecule has 0 aliphatic carbocycles. The predicted molar refractivity (Wildman–Crippen MR) is 83.8 cm³/mol. The highest BCUT2D eigenvalue weighted by Crippen LogP contribution is 2.39. The lowest BCUT2D eigenvalue weighted by Gasteiger charge is -2.08. The van der Waals surface area contributed by atoms with Gasteiger partial charge in [0.25, 0.3) is 5.91 Å². The number of thioether (sulfide) groups is 1. The van der Waals surface area contributed by atoms with Crippen molar-refractivity contribution >= 4 is 35.0 Å². The van der Waals surface area contributed by atoms with Crippen LogP contribution in [0.5, 0.6) is 11.5 Å². The van der Waals surface area contributed by atoms with Crippen molar-refractivity contribution in [1.29, 1.82) is 0 Å². The lowest BCUT2D eigenvalue weighted by atomic mass is 10.2. The highest BCUT2D eigenvalue weighted by Gasteiger charge is 2.20. The van der Waals surface area contributed by atoms with Gasteiger partial charge in [0.2, 0.25) is 6.79 Å². The van der Waals surface area contributed by atoms with Crippen molar-refractivity contribution < 1.29 is 14.3 Å². The Morgan fingerprint density at radius 1 is 1.29 bits per heavy atom. The van der Waals surface area contributed by atoms with Crippen LogP contribution in [-0.4, -0.2) is 19.0 Å². The van der Waals surface area contributed by atoms with E-state index < -0.39 is 0 Å². The van der Waals surface area contributed by atoms with Gasteiger partial charge in [0, 0.05) is 16.1 Å². The maximum Gasteiger partial charge on any atom is 0.255 e. The third-order valence-electron chi connectivity index (χ3n) is 3.02. The SMILES string of the molecule is CSc1cccc(NC(=O)c2cc(Cl)c3c(c2)OCO3)c1. The van der Waals surface area contributed by atoms with Crippen LogP contribution in [0.4, 0.5) is 5.69 Å². The number of carbonyl (C=O) groups excluding carboxylic acids is 1. The van der Waals surface area contributed by atoms with Crippen LogP contribution in [0.1, 0.15) is 10.4 Å². The van der Waals surface area contributed by atoms with E-state index in [1.165, 1.54) is 0 Å². The van der Waals surface area contributed by atoms with Crippen LogP contribution in [0.25, 0.3) is 0 Å². The van der Waals surface area contributed by atoms with E-state index in [-0.39, 0.29) is 12.7 Å². The van der Waals surface area contributed by atoms with E-state index >= 15 is 0 Å². The molecular formula is C15H12ClNO3S. The van der Waals surface area contributed by atoms with Gasteiger partial charge in [-0.05, 0) is 36.6 Å². The fraction of sp³-hybridized carbons (Fsp3) is 0.133. The quantitative estimate of drug-likeness (QED) is 0.867. The molecule has 0 spiro atoms. The fourth-order valence-electron chi connectivity index (χ4n) is 2.00. The van der Waals surface area contributed by atoms with Gasteiger partial charge in [-0.2, -0.15) is 0 Å².